The SMILES string of the molecule is COC(=O)[C@@H]1[C@H]2C=C[C@]3(O2)[C@@H]2OCCCN2C(=O)[C@@H]13. The van der Waals surface area contributed by atoms with Gasteiger partial charge in [-0.1, -0.05) is 6.08 Å². The van der Waals surface area contributed by atoms with Crippen LogP contribution in [0.15, 0.2) is 12.2 Å². The van der Waals surface area contributed by atoms with E-state index in [1.807, 2.05) is 12.2 Å². The van der Waals surface area contributed by atoms with E-state index >= 15 is 0 Å². The summed E-state index contributed by atoms with van der Waals surface area (Å²) in [5, 5.41) is 0. The largest absolute Gasteiger partial charge is 0.469 e. The van der Waals surface area contributed by atoms with Crippen molar-refractivity contribution in [2.75, 3.05) is 20.3 Å². The van der Waals surface area contributed by atoms with Crippen molar-refractivity contribution in [2.24, 2.45) is 11.8 Å². The lowest BCUT2D eigenvalue weighted by atomic mass is 9.76. The Hall–Kier alpha value is -1.40. The molecule has 1 spiro atoms. The summed E-state index contributed by atoms with van der Waals surface area (Å²) in [6.07, 6.45) is 3.81. The predicted octanol–water partition coefficient (Wildman–Crippen LogP) is -0.312. The van der Waals surface area contributed by atoms with Gasteiger partial charge in [0.2, 0.25) is 5.91 Å². The van der Waals surface area contributed by atoms with E-state index in [0.717, 1.165) is 6.42 Å². The maximum atomic E-state index is 12.6. The molecule has 4 rings (SSSR count). The minimum atomic E-state index is -0.791. The van der Waals surface area contributed by atoms with Gasteiger partial charge in [-0.25, -0.2) is 0 Å². The molecule has 0 N–H and O–H groups in total. The number of hydrogen-bond acceptors (Lipinski definition) is 5. The predicted molar refractivity (Wildman–Crippen MR) is 61.8 cm³/mol. The van der Waals surface area contributed by atoms with Gasteiger partial charge in [-0.15, -0.1) is 0 Å². The Bertz CT molecular complexity index is 489. The topological polar surface area (TPSA) is 65.1 Å². The fourth-order valence-corrected chi connectivity index (χ4v) is 3.86. The van der Waals surface area contributed by atoms with Crippen molar-refractivity contribution in [2.45, 2.75) is 24.4 Å². The summed E-state index contributed by atoms with van der Waals surface area (Å²) in [4.78, 5) is 26.2. The first-order chi connectivity index (χ1) is 9.19. The number of esters is 1. The monoisotopic (exact) mass is 265 g/mol. The maximum absolute atomic E-state index is 12.6. The van der Waals surface area contributed by atoms with Gasteiger partial charge in [0.05, 0.1) is 25.7 Å². The molecular formula is C13H15NO5. The van der Waals surface area contributed by atoms with Crippen LogP contribution in [0.4, 0.5) is 0 Å². The van der Waals surface area contributed by atoms with Crippen molar-refractivity contribution in [1.29, 1.82) is 0 Å². The smallest absolute Gasteiger partial charge is 0.312 e. The van der Waals surface area contributed by atoms with E-state index in [0.29, 0.717) is 13.2 Å². The molecule has 5 atom stereocenters. The molecule has 0 aromatic carbocycles. The number of carbonyl (C=O) groups is 2. The molecule has 2 bridgehead atoms. The van der Waals surface area contributed by atoms with Crippen molar-refractivity contribution in [1.82, 2.24) is 4.90 Å². The van der Waals surface area contributed by atoms with Crippen molar-refractivity contribution in [3.63, 3.8) is 0 Å². The van der Waals surface area contributed by atoms with E-state index in [2.05, 4.69) is 0 Å². The second-order valence-corrected chi connectivity index (χ2v) is 5.43. The van der Waals surface area contributed by atoms with E-state index in [9.17, 15) is 9.59 Å². The van der Waals surface area contributed by atoms with Crippen LogP contribution in [0.25, 0.3) is 0 Å². The standard InChI is InChI=1S/C13H15NO5/c1-17-11(16)8-7-3-4-13(19-7)9(8)10(15)14-5-2-6-18-12(13)14/h3-4,7-9,12H,2,5-6H2,1H3/t7-,8-,9-,12+,13-/m1/s1. The lowest BCUT2D eigenvalue weighted by molar-refractivity contribution is -0.168. The molecule has 0 aromatic rings. The van der Waals surface area contributed by atoms with Crippen molar-refractivity contribution >= 4 is 11.9 Å². The first-order valence-corrected chi connectivity index (χ1v) is 6.56. The highest BCUT2D eigenvalue weighted by Crippen LogP contribution is 2.55. The van der Waals surface area contributed by atoms with Crippen LogP contribution in [0, 0.1) is 11.8 Å². The van der Waals surface area contributed by atoms with Gasteiger partial charge in [-0.05, 0) is 12.5 Å². The van der Waals surface area contributed by atoms with Gasteiger partial charge in [-0.3, -0.25) is 9.59 Å². The molecule has 0 saturated carbocycles. The first kappa shape index (κ1) is 11.4. The lowest BCUT2D eigenvalue weighted by Gasteiger charge is -2.36. The van der Waals surface area contributed by atoms with Crippen molar-refractivity contribution < 1.29 is 23.8 Å². The second kappa shape index (κ2) is 3.58. The minimum absolute atomic E-state index is 0.0491. The Balaban J connectivity index is 1.79. The highest BCUT2D eigenvalue weighted by atomic mass is 16.6. The maximum Gasteiger partial charge on any atom is 0.312 e. The molecule has 0 aliphatic carbocycles. The average molecular weight is 265 g/mol. The molecule has 1 amide bonds. The fraction of sp³-hybridized carbons (Fsp3) is 0.692. The van der Waals surface area contributed by atoms with Crippen LogP contribution in [-0.4, -0.2) is 55.0 Å². The van der Waals surface area contributed by atoms with Crippen molar-refractivity contribution in [3.8, 4) is 0 Å². The third kappa shape index (κ3) is 1.19. The molecule has 4 aliphatic heterocycles. The molecule has 4 heterocycles. The van der Waals surface area contributed by atoms with Crippen LogP contribution in [0.2, 0.25) is 0 Å². The molecule has 0 radical (unpaired) electrons. The van der Waals surface area contributed by atoms with Crippen LogP contribution < -0.4 is 0 Å². The second-order valence-electron chi connectivity index (χ2n) is 5.43. The van der Waals surface area contributed by atoms with Gasteiger partial charge in [-0.2, -0.15) is 0 Å². The van der Waals surface area contributed by atoms with Gasteiger partial charge in [0.15, 0.2) is 6.23 Å². The summed E-state index contributed by atoms with van der Waals surface area (Å²) < 4.78 is 16.5. The summed E-state index contributed by atoms with van der Waals surface area (Å²) in [7, 11) is 1.34. The molecule has 6 nitrogen and oxygen atoms in total. The number of methoxy groups -OCH3 is 1. The minimum Gasteiger partial charge on any atom is -0.469 e. The number of hydrogen-bond donors (Lipinski definition) is 0. The molecule has 6 heteroatoms. The Kier molecular flexibility index (Phi) is 2.15. The van der Waals surface area contributed by atoms with Crippen LogP contribution in [0.5, 0.6) is 0 Å². The average Bonchev–Trinajstić information content (AvgIpc) is 3.08. The zero-order valence-electron chi connectivity index (χ0n) is 10.6. The Labute approximate surface area is 110 Å². The third-order valence-corrected chi connectivity index (χ3v) is 4.60. The number of nitrogens with zero attached hydrogens (tertiary/aromatic N) is 1. The summed E-state index contributed by atoms with van der Waals surface area (Å²) in [6.45, 7) is 1.28. The Morgan fingerprint density at radius 1 is 1.58 bits per heavy atom. The van der Waals surface area contributed by atoms with Crippen LogP contribution in [0.1, 0.15) is 6.42 Å². The van der Waals surface area contributed by atoms with Gasteiger partial charge in [0, 0.05) is 6.54 Å². The summed E-state index contributed by atoms with van der Waals surface area (Å²) >= 11 is 0. The number of amides is 1. The molecule has 0 aromatic heterocycles. The lowest BCUT2D eigenvalue weighted by Crippen LogP contribution is -2.49. The molecular weight excluding hydrogens is 250 g/mol. The highest BCUT2D eigenvalue weighted by Gasteiger charge is 2.72. The molecule has 3 fully saturated rings. The third-order valence-electron chi connectivity index (χ3n) is 4.60. The zero-order chi connectivity index (χ0) is 13.2. The number of carbonyl (C=O) groups excluding carboxylic acids is 2. The number of ether oxygens (including phenoxy) is 3. The van der Waals surface area contributed by atoms with E-state index < -0.39 is 23.7 Å². The summed E-state index contributed by atoms with van der Waals surface area (Å²) in [5.74, 6) is -1.48. The fourth-order valence-electron chi connectivity index (χ4n) is 3.86. The van der Waals surface area contributed by atoms with Gasteiger partial charge in [0.25, 0.3) is 0 Å². The van der Waals surface area contributed by atoms with Gasteiger partial charge >= 0.3 is 5.97 Å². The Morgan fingerprint density at radius 2 is 2.42 bits per heavy atom. The van der Waals surface area contributed by atoms with E-state index in [-0.39, 0.29) is 18.0 Å². The van der Waals surface area contributed by atoms with Crippen LogP contribution in [0.3, 0.4) is 0 Å². The molecule has 0 unspecified atom stereocenters. The molecule has 102 valence electrons. The molecule has 4 aliphatic rings. The highest BCUT2D eigenvalue weighted by molar-refractivity contribution is 5.91. The Morgan fingerprint density at radius 3 is 3.21 bits per heavy atom. The van der Waals surface area contributed by atoms with Gasteiger partial charge in [0.1, 0.15) is 11.5 Å². The van der Waals surface area contributed by atoms with E-state index in [1.165, 1.54) is 7.11 Å². The number of rotatable bonds is 1. The normalized spacial score (nSPS) is 46.4. The zero-order valence-corrected chi connectivity index (χ0v) is 10.6. The van der Waals surface area contributed by atoms with Crippen molar-refractivity contribution in [3.05, 3.63) is 12.2 Å². The quantitative estimate of drug-likeness (QED) is 0.480. The van der Waals surface area contributed by atoms with Crippen LogP contribution in [-0.2, 0) is 23.8 Å². The number of fused-ring (bicyclic) bond motifs is 2. The molecule has 3 saturated heterocycles. The van der Waals surface area contributed by atoms with E-state index in [1.54, 1.807) is 4.90 Å². The van der Waals surface area contributed by atoms with E-state index in [4.69, 9.17) is 14.2 Å². The molecule has 19 heavy (non-hydrogen) atoms. The first-order valence-electron chi connectivity index (χ1n) is 6.56. The van der Waals surface area contributed by atoms with Crippen LogP contribution >= 0.6 is 0 Å². The van der Waals surface area contributed by atoms with Gasteiger partial charge < -0.3 is 19.1 Å². The summed E-state index contributed by atoms with van der Waals surface area (Å²) in [5.41, 5.74) is -0.791. The summed E-state index contributed by atoms with van der Waals surface area (Å²) in [6, 6.07) is 0.